The molecule has 0 unspecified atom stereocenters. The topological polar surface area (TPSA) is 205 Å². The van der Waals surface area contributed by atoms with Crippen molar-refractivity contribution in [3.63, 3.8) is 0 Å². The number of rotatable bonds is 11. The molecule has 1 aliphatic carbocycles. The molecule has 4 aliphatic rings. The van der Waals surface area contributed by atoms with Crippen LogP contribution >= 0.6 is 0 Å². The molecule has 1 aromatic heterocycles. The molecule has 0 radical (unpaired) electrons. The Kier molecular flexibility index (Phi) is 19.6. The summed E-state index contributed by atoms with van der Waals surface area (Å²) in [6.45, 7) is 11.6. The highest BCUT2D eigenvalue weighted by atomic mass is 16.7. The number of aliphatic hydroxyl groups is 2. The molecule has 6 rings (SSSR count). The van der Waals surface area contributed by atoms with Gasteiger partial charge >= 0.3 is 5.97 Å². The molecule has 1 saturated carbocycles. The fourth-order valence-corrected chi connectivity index (χ4v) is 11.1. The number of carbonyl (C=O) groups is 4. The number of nitrogens with zero attached hydrogens (tertiary/aromatic N) is 2. The van der Waals surface area contributed by atoms with Crippen LogP contribution in [0.4, 0.5) is 0 Å². The Labute approximate surface area is 414 Å². The predicted octanol–water partition coefficient (Wildman–Crippen LogP) is 7.10. The summed E-state index contributed by atoms with van der Waals surface area (Å²) in [5.41, 5.74) is 3.46. The van der Waals surface area contributed by atoms with Gasteiger partial charge in [-0.1, -0.05) is 57.6 Å². The van der Waals surface area contributed by atoms with E-state index in [1.54, 1.807) is 34.3 Å². The smallest absolute Gasteiger partial charge is 0.329 e. The molecule has 3 fully saturated rings. The van der Waals surface area contributed by atoms with E-state index in [4.69, 9.17) is 33.2 Å². The molecule has 388 valence electrons. The quantitative estimate of drug-likeness (QED) is 0.117. The van der Waals surface area contributed by atoms with Gasteiger partial charge in [0.1, 0.15) is 42.2 Å². The highest BCUT2D eigenvalue weighted by molar-refractivity contribution is 6.39. The maximum absolute atomic E-state index is 14.6. The molecule has 3 aliphatic heterocycles. The molecule has 70 heavy (non-hydrogen) atoms. The van der Waals surface area contributed by atoms with Gasteiger partial charge in [0.2, 0.25) is 5.79 Å². The summed E-state index contributed by atoms with van der Waals surface area (Å²) in [5, 5.41) is 24.0. The van der Waals surface area contributed by atoms with E-state index in [0.717, 1.165) is 29.0 Å². The lowest BCUT2D eigenvalue weighted by molar-refractivity contribution is -0.302. The summed E-state index contributed by atoms with van der Waals surface area (Å²) >= 11 is 0. The molecular weight excluding hydrogens is 899 g/mol. The number of H-pyrrole nitrogens is 1. The molecule has 1 amide bonds. The minimum Gasteiger partial charge on any atom is -0.497 e. The number of hydrogen-bond donors (Lipinski definition) is 3. The van der Waals surface area contributed by atoms with Crippen LogP contribution < -0.4 is 4.74 Å². The number of esters is 1. The van der Waals surface area contributed by atoms with Gasteiger partial charge < -0.3 is 53.3 Å². The van der Waals surface area contributed by atoms with Crippen molar-refractivity contribution in [2.75, 3.05) is 35.0 Å². The lowest BCUT2D eigenvalue weighted by Crippen LogP contribution is -2.64. The number of benzene rings is 1. The van der Waals surface area contributed by atoms with Gasteiger partial charge in [0, 0.05) is 57.6 Å². The van der Waals surface area contributed by atoms with Gasteiger partial charge in [-0.3, -0.25) is 14.4 Å². The molecule has 1 aromatic carbocycles. The van der Waals surface area contributed by atoms with Gasteiger partial charge in [0.05, 0.1) is 49.5 Å². The van der Waals surface area contributed by atoms with Crippen LogP contribution in [0.2, 0.25) is 0 Å². The third-order valence-corrected chi connectivity index (χ3v) is 15.3. The van der Waals surface area contributed by atoms with Crippen molar-refractivity contribution in [3.8, 4) is 17.0 Å². The van der Waals surface area contributed by atoms with E-state index in [0.29, 0.717) is 56.3 Å². The molecule has 2 aromatic rings. The largest absolute Gasteiger partial charge is 0.497 e. The fraction of sp³-hybridized carbons (Fsp3) is 0.685. The Morgan fingerprint density at radius 2 is 1.67 bits per heavy atom. The normalized spacial score (nSPS) is 35.5. The zero-order valence-corrected chi connectivity index (χ0v) is 43.0. The number of aromatic amines is 1. The van der Waals surface area contributed by atoms with Crippen LogP contribution in [0.5, 0.6) is 5.75 Å². The number of ether oxygens (including phenoxy) is 7. The van der Waals surface area contributed by atoms with Gasteiger partial charge in [-0.2, -0.15) is 0 Å². The minimum absolute atomic E-state index is 0.00860. The van der Waals surface area contributed by atoms with Crippen LogP contribution in [0.3, 0.4) is 0 Å². The summed E-state index contributed by atoms with van der Waals surface area (Å²) in [7, 11) is 6.36. The molecule has 0 spiro atoms. The maximum atomic E-state index is 14.6. The van der Waals surface area contributed by atoms with Gasteiger partial charge in [0.15, 0.2) is 0 Å². The SMILES string of the molecule is CC[C@@H]1/C=C(\C)C[C@H](C)C[C@H](OC)[C@H]2O[C@@](O)(C(=O)C(=O)N3CCCC[C@H]3C(=O)O[C@H](/C(C)=C/[C@@H]3CC[C@@H](OCc4ncc(-c5cccc(OC)c5)[nH]4)[C@H](OC)C3)[C@H](C)[C@@H](O)CC1=O)[C@H](C)C[C@@H]2OC. The molecule has 2 saturated heterocycles. The number of piperidine rings is 1. The molecule has 14 atom stereocenters. The Morgan fingerprint density at radius 3 is 2.37 bits per heavy atom. The number of Topliss-reactive ketones (excluding diaryl/α,β-unsaturated/α-hetero) is 2. The molecular formula is C54H79N3O13. The summed E-state index contributed by atoms with van der Waals surface area (Å²) in [5.74, 6) is -6.17. The number of aromatic nitrogens is 2. The monoisotopic (exact) mass is 978 g/mol. The Balaban J connectivity index is 1.25. The molecule has 4 heterocycles. The molecule has 16 nitrogen and oxygen atoms in total. The fourth-order valence-electron chi connectivity index (χ4n) is 11.1. The Morgan fingerprint density at radius 1 is 0.943 bits per heavy atom. The van der Waals surface area contributed by atoms with Crippen molar-refractivity contribution in [2.24, 2.45) is 29.6 Å². The van der Waals surface area contributed by atoms with Crippen molar-refractivity contribution < 1.29 is 62.5 Å². The second kappa shape index (κ2) is 24.9. The van der Waals surface area contributed by atoms with Gasteiger partial charge in [-0.15, -0.1) is 0 Å². The van der Waals surface area contributed by atoms with E-state index >= 15 is 0 Å². The standard InChI is InChI=1S/C54H79N3O13/c1-11-37-22-31(2)21-32(3)23-46(66-9)50-47(67-10)25-34(5)54(63,70-50)51(60)52(61)57-20-13-12-17-41(57)53(62)69-49(35(6)42(58)28-43(37)59)33(4)24-36-18-19-44(45(26-36)65-8)68-30-48-55-29-40(56-48)38-15-14-16-39(27-38)64-7/h14-16,22,24,27,29,32,34-37,41-42,44-47,49-50,58,63H,11-13,17-21,23,25-26,28,30H2,1-10H3,(H,55,56)/b31-22+,33-24+/t32-,34+,35+,36-,37+,41-,42-,44+,45+,46-,47-,49+,50+,54+/m0/s1. The number of fused-ring (bicyclic) bond motifs is 3. The number of carbonyl (C=O) groups excluding carboxylic acids is 4. The van der Waals surface area contributed by atoms with Crippen molar-refractivity contribution in [1.29, 1.82) is 0 Å². The highest BCUT2D eigenvalue weighted by Crippen LogP contribution is 2.40. The second-order valence-electron chi connectivity index (χ2n) is 20.4. The zero-order valence-electron chi connectivity index (χ0n) is 43.0. The Hall–Kier alpha value is -4.29. The predicted molar refractivity (Wildman–Crippen MR) is 261 cm³/mol. The number of allylic oxidation sites excluding steroid dienone is 3. The first-order valence-corrected chi connectivity index (χ1v) is 25.4. The second-order valence-corrected chi connectivity index (χ2v) is 20.4. The average Bonchev–Trinajstić information content (AvgIpc) is 3.84. The summed E-state index contributed by atoms with van der Waals surface area (Å²) < 4.78 is 42.3. The van der Waals surface area contributed by atoms with Crippen LogP contribution in [-0.4, -0.2) is 138 Å². The zero-order chi connectivity index (χ0) is 50.9. The van der Waals surface area contributed by atoms with E-state index in [1.165, 1.54) is 19.1 Å². The lowest BCUT2D eigenvalue weighted by Gasteiger charge is -2.47. The van der Waals surface area contributed by atoms with Crippen LogP contribution in [0, 0.1) is 29.6 Å². The third-order valence-electron chi connectivity index (χ3n) is 15.3. The number of aliphatic hydroxyl groups excluding tert-OH is 1. The van der Waals surface area contributed by atoms with Crippen LogP contribution in [0.15, 0.2) is 53.8 Å². The van der Waals surface area contributed by atoms with Crippen molar-refractivity contribution in [1.82, 2.24) is 14.9 Å². The summed E-state index contributed by atoms with van der Waals surface area (Å²) in [6.07, 6.45) is 6.13. The number of cyclic esters (lactones) is 1. The van der Waals surface area contributed by atoms with Crippen LogP contribution in [-0.2, 0) is 54.2 Å². The van der Waals surface area contributed by atoms with E-state index in [1.807, 2.05) is 51.1 Å². The van der Waals surface area contributed by atoms with Gasteiger partial charge in [-0.25, -0.2) is 9.78 Å². The number of methoxy groups -OCH3 is 4. The first kappa shape index (κ1) is 55.0. The maximum Gasteiger partial charge on any atom is 0.329 e. The van der Waals surface area contributed by atoms with Gasteiger partial charge in [-0.05, 0) is 108 Å². The third kappa shape index (κ3) is 13.0. The lowest BCUT2D eigenvalue weighted by atomic mass is 9.81. The summed E-state index contributed by atoms with van der Waals surface area (Å²) in [4.78, 5) is 66.5. The Bertz CT molecular complexity index is 2160. The number of amides is 1. The number of ketones is 2. The number of imidazole rings is 1. The number of hydrogen-bond acceptors (Lipinski definition) is 14. The van der Waals surface area contributed by atoms with E-state index in [-0.39, 0.29) is 62.2 Å². The van der Waals surface area contributed by atoms with E-state index < -0.39 is 77.8 Å². The first-order valence-electron chi connectivity index (χ1n) is 25.4. The van der Waals surface area contributed by atoms with E-state index in [2.05, 4.69) is 23.0 Å². The molecule has 2 bridgehead atoms. The molecule has 16 heteroatoms. The summed E-state index contributed by atoms with van der Waals surface area (Å²) in [6, 6.07) is 6.57. The van der Waals surface area contributed by atoms with Gasteiger partial charge in [0.25, 0.3) is 11.7 Å². The average molecular weight is 978 g/mol. The first-order chi connectivity index (χ1) is 33.4. The van der Waals surface area contributed by atoms with Crippen molar-refractivity contribution in [2.45, 2.75) is 173 Å². The van der Waals surface area contributed by atoms with Crippen LogP contribution in [0.1, 0.15) is 118 Å². The number of nitrogens with one attached hydrogen (secondary N) is 1. The van der Waals surface area contributed by atoms with Crippen molar-refractivity contribution >= 4 is 23.4 Å². The van der Waals surface area contributed by atoms with E-state index in [9.17, 15) is 29.4 Å². The van der Waals surface area contributed by atoms with Crippen LogP contribution in [0.25, 0.3) is 11.3 Å². The minimum atomic E-state index is -2.52. The highest BCUT2D eigenvalue weighted by Gasteiger charge is 2.56. The van der Waals surface area contributed by atoms with Crippen molar-refractivity contribution in [3.05, 3.63) is 59.6 Å². The molecule has 3 N–H and O–H groups in total.